The zero-order valence-electron chi connectivity index (χ0n) is 15.0. The van der Waals surface area contributed by atoms with Gasteiger partial charge in [-0.25, -0.2) is 18.1 Å². The van der Waals surface area contributed by atoms with Crippen LogP contribution in [0, 0.1) is 5.92 Å². The number of carbonyl (C=O) groups is 1. The largest absolute Gasteiger partial charge is 0.338 e. The quantitative estimate of drug-likeness (QED) is 0.801. The molecule has 0 bridgehead atoms. The summed E-state index contributed by atoms with van der Waals surface area (Å²) in [5, 5.41) is 3.02. The number of nitrogens with zero attached hydrogens (tertiary/aromatic N) is 2. The lowest BCUT2D eigenvalue weighted by Crippen LogP contribution is -2.39. The fraction of sp³-hybridized carbons (Fsp3) is 0.474. The van der Waals surface area contributed by atoms with Gasteiger partial charge in [-0.2, -0.15) is 0 Å². The molecule has 144 valence electrons. The maximum atomic E-state index is 13.0. The second-order valence-corrected chi connectivity index (χ2v) is 9.98. The van der Waals surface area contributed by atoms with Crippen molar-refractivity contribution in [1.82, 2.24) is 14.6 Å². The Hall–Kier alpha value is -1.77. The predicted octanol–water partition coefficient (Wildman–Crippen LogP) is 2.85. The molecule has 1 saturated carbocycles. The molecule has 1 aliphatic carbocycles. The molecule has 8 heteroatoms. The number of sulfonamides is 1. The number of nitrogens with one attached hydrogen (secondary N) is 1. The highest BCUT2D eigenvalue weighted by Crippen LogP contribution is 2.30. The molecule has 2 aliphatic rings. The van der Waals surface area contributed by atoms with Crippen molar-refractivity contribution >= 4 is 27.3 Å². The van der Waals surface area contributed by atoms with Crippen molar-refractivity contribution in [3.8, 4) is 0 Å². The maximum absolute atomic E-state index is 13.0. The van der Waals surface area contributed by atoms with Gasteiger partial charge < -0.3 is 4.90 Å². The summed E-state index contributed by atoms with van der Waals surface area (Å²) in [6, 6.07) is 6.36. The van der Waals surface area contributed by atoms with Gasteiger partial charge in [0.05, 0.1) is 9.90 Å². The highest BCUT2D eigenvalue weighted by molar-refractivity contribution is 7.89. The first-order valence-corrected chi connectivity index (χ1v) is 11.7. The Bertz CT molecular complexity index is 908. The van der Waals surface area contributed by atoms with E-state index in [1.807, 2.05) is 10.3 Å². The molecular formula is C19H23N3O3S2. The van der Waals surface area contributed by atoms with Crippen LogP contribution in [-0.2, 0) is 10.0 Å². The molecule has 1 aromatic heterocycles. The molecule has 2 heterocycles. The van der Waals surface area contributed by atoms with Gasteiger partial charge in [-0.15, -0.1) is 11.3 Å². The minimum Gasteiger partial charge on any atom is -0.338 e. The molecule has 1 unspecified atom stereocenters. The van der Waals surface area contributed by atoms with Gasteiger partial charge in [0.15, 0.2) is 0 Å². The third-order valence-corrected chi connectivity index (χ3v) is 7.52. The molecule has 2 fully saturated rings. The van der Waals surface area contributed by atoms with Gasteiger partial charge in [-0.1, -0.05) is 6.07 Å². The van der Waals surface area contributed by atoms with E-state index in [1.54, 1.807) is 35.7 Å². The summed E-state index contributed by atoms with van der Waals surface area (Å²) in [6.07, 6.45) is 5.91. The third-order valence-electron chi connectivity index (χ3n) is 5.16. The summed E-state index contributed by atoms with van der Waals surface area (Å²) >= 11 is 1.62. The van der Waals surface area contributed by atoms with Gasteiger partial charge in [0.1, 0.15) is 0 Å². The van der Waals surface area contributed by atoms with Crippen molar-refractivity contribution in [2.24, 2.45) is 5.92 Å². The lowest BCUT2D eigenvalue weighted by atomic mass is 9.98. The van der Waals surface area contributed by atoms with E-state index in [-0.39, 0.29) is 16.7 Å². The van der Waals surface area contributed by atoms with E-state index in [4.69, 9.17) is 0 Å². The third kappa shape index (κ3) is 4.39. The van der Waals surface area contributed by atoms with E-state index in [1.165, 1.54) is 6.07 Å². The van der Waals surface area contributed by atoms with E-state index in [9.17, 15) is 13.2 Å². The van der Waals surface area contributed by atoms with Crippen LogP contribution >= 0.6 is 11.3 Å². The SMILES string of the molecule is O=C(c1cccc(S(=O)(=O)NCC2CC2)c1)N1CCCC(c2nccs2)C1. The fourth-order valence-electron chi connectivity index (χ4n) is 3.41. The smallest absolute Gasteiger partial charge is 0.253 e. The van der Waals surface area contributed by atoms with Crippen LogP contribution < -0.4 is 4.72 Å². The molecule has 6 nitrogen and oxygen atoms in total. The molecule has 0 spiro atoms. The average molecular weight is 406 g/mol. The normalized spacial score (nSPS) is 20.6. The van der Waals surface area contributed by atoms with Crippen LogP contribution in [0.4, 0.5) is 0 Å². The second-order valence-electron chi connectivity index (χ2n) is 7.28. The van der Waals surface area contributed by atoms with Crippen molar-refractivity contribution < 1.29 is 13.2 Å². The number of aromatic nitrogens is 1. The lowest BCUT2D eigenvalue weighted by molar-refractivity contribution is 0.0707. The molecule has 4 rings (SSSR count). The van der Waals surface area contributed by atoms with Gasteiger partial charge in [0.2, 0.25) is 10.0 Å². The van der Waals surface area contributed by atoms with Crippen LogP contribution in [0.2, 0.25) is 0 Å². The number of hydrogen-bond acceptors (Lipinski definition) is 5. The second kappa shape index (κ2) is 7.69. The number of amides is 1. The zero-order valence-corrected chi connectivity index (χ0v) is 16.6. The average Bonchev–Trinajstić information content (AvgIpc) is 3.37. The van der Waals surface area contributed by atoms with Crippen LogP contribution in [0.5, 0.6) is 0 Å². The summed E-state index contributed by atoms with van der Waals surface area (Å²) in [5.41, 5.74) is 0.420. The Labute approximate surface area is 163 Å². The molecule has 2 aromatic rings. The standard InChI is InChI=1S/C19H23N3O3S2/c23-19(22-9-2-4-16(13-22)18-20-8-10-26-18)15-3-1-5-17(11-15)27(24,25)21-12-14-6-7-14/h1,3,5,8,10-11,14,16,21H,2,4,6-7,9,12-13H2. The molecule has 1 amide bonds. The minimum atomic E-state index is -3.58. The number of hydrogen-bond donors (Lipinski definition) is 1. The number of rotatable bonds is 6. The molecule has 0 radical (unpaired) electrons. The summed E-state index contributed by atoms with van der Waals surface area (Å²) in [4.78, 5) is 19.3. The topological polar surface area (TPSA) is 79.4 Å². The van der Waals surface area contributed by atoms with Gasteiger partial charge >= 0.3 is 0 Å². The van der Waals surface area contributed by atoms with Crippen LogP contribution in [0.25, 0.3) is 0 Å². The molecule has 1 aromatic carbocycles. The molecule has 27 heavy (non-hydrogen) atoms. The van der Waals surface area contributed by atoms with Crippen molar-refractivity contribution in [3.63, 3.8) is 0 Å². The number of likely N-dealkylation sites (tertiary alicyclic amines) is 1. The Morgan fingerprint density at radius 1 is 1.30 bits per heavy atom. The molecule has 1 atom stereocenters. The number of carbonyl (C=O) groups excluding carboxylic acids is 1. The number of benzene rings is 1. The Kier molecular flexibility index (Phi) is 5.29. The Morgan fingerprint density at radius 2 is 2.15 bits per heavy atom. The van der Waals surface area contributed by atoms with Crippen LogP contribution in [0.1, 0.15) is 47.0 Å². The van der Waals surface area contributed by atoms with E-state index < -0.39 is 10.0 Å². The molecule has 1 N–H and O–H groups in total. The van der Waals surface area contributed by atoms with E-state index in [0.29, 0.717) is 31.1 Å². The summed E-state index contributed by atoms with van der Waals surface area (Å²) in [7, 11) is -3.58. The monoisotopic (exact) mass is 405 g/mol. The first-order valence-electron chi connectivity index (χ1n) is 9.31. The Morgan fingerprint density at radius 3 is 2.89 bits per heavy atom. The minimum absolute atomic E-state index is 0.115. The predicted molar refractivity (Wildman–Crippen MR) is 104 cm³/mol. The van der Waals surface area contributed by atoms with Crippen molar-refractivity contribution in [3.05, 3.63) is 46.4 Å². The van der Waals surface area contributed by atoms with Crippen LogP contribution in [0.15, 0.2) is 40.7 Å². The first-order chi connectivity index (χ1) is 13.0. The molecule has 1 aliphatic heterocycles. The maximum Gasteiger partial charge on any atom is 0.253 e. The van der Waals surface area contributed by atoms with E-state index in [2.05, 4.69) is 9.71 Å². The van der Waals surface area contributed by atoms with Crippen LogP contribution in [0.3, 0.4) is 0 Å². The van der Waals surface area contributed by atoms with Gasteiger partial charge in [0.25, 0.3) is 5.91 Å². The van der Waals surface area contributed by atoms with Gasteiger partial charge in [-0.05, 0) is 49.8 Å². The summed E-state index contributed by atoms with van der Waals surface area (Å²) < 4.78 is 27.6. The van der Waals surface area contributed by atoms with Crippen molar-refractivity contribution in [1.29, 1.82) is 0 Å². The van der Waals surface area contributed by atoms with Crippen molar-refractivity contribution in [2.45, 2.75) is 36.5 Å². The fourth-order valence-corrected chi connectivity index (χ4v) is 5.34. The van der Waals surface area contributed by atoms with Crippen molar-refractivity contribution in [2.75, 3.05) is 19.6 Å². The molecule has 1 saturated heterocycles. The Balaban J connectivity index is 1.48. The van der Waals surface area contributed by atoms with Crippen LogP contribution in [-0.4, -0.2) is 43.8 Å². The highest BCUT2D eigenvalue weighted by atomic mass is 32.2. The van der Waals surface area contributed by atoms with E-state index >= 15 is 0 Å². The number of piperidine rings is 1. The summed E-state index contributed by atoms with van der Waals surface area (Å²) in [5.74, 6) is 0.603. The zero-order chi connectivity index (χ0) is 18.9. The first kappa shape index (κ1) is 18.6. The number of thiazole rings is 1. The van der Waals surface area contributed by atoms with Gasteiger partial charge in [0, 0.05) is 42.7 Å². The lowest BCUT2D eigenvalue weighted by Gasteiger charge is -2.32. The van der Waals surface area contributed by atoms with E-state index in [0.717, 1.165) is 30.7 Å². The summed E-state index contributed by atoms with van der Waals surface area (Å²) in [6.45, 7) is 1.79. The highest BCUT2D eigenvalue weighted by Gasteiger charge is 2.28. The molecular weight excluding hydrogens is 382 g/mol. The van der Waals surface area contributed by atoms with Gasteiger partial charge in [-0.3, -0.25) is 4.79 Å².